The van der Waals surface area contributed by atoms with Gasteiger partial charge in [-0.05, 0) is 56.9 Å². The number of aryl methyl sites for hydroxylation is 1. The van der Waals surface area contributed by atoms with Crippen LogP contribution in [0.25, 0.3) is 0 Å². The van der Waals surface area contributed by atoms with Gasteiger partial charge in [0.05, 0.1) is 17.1 Å². The Balaban J connectivity index is 1.88. The van der Waals surface area contributed by atoms with Gasteiger partial charge in [-0.2, -0.15) is 5.10 Å². The lowest BCUT2D eigenvalue weighted by Crippen LogP contribution is -2.26. The molecule has 2 heterocycles. The minimum atomic E-state index is -0.496. The van der Waals surface area contributed by atoms with E-state index in [0.29, 0.717) is 22.2 Å². The predicted octanol–water partition coefficient (Wildman–Crippen LogP) is 4.44. The third-order valence-corrected chi connectivity index (χ3v) is 7.21. The lowest BCUT2D eigenvalue weighted by atomic mass is 9.72. The maximum absolute atomic E-state index is 12.8. The second kappa shape index (κ2) is 9.01. The molecule has 0 saturated heterocycles. The Labute approximate surface area is 191 Å². The molecule has 0 spiro atoms. The van der Waals surface area contributed by atoms with Crippen molar-refractivity contribution in [2.24, 2.45) is 11.3 Å². The molecule has 174 valence electrons. The van der Waals surface area contributed by atoms with Crippen molar-refractivity contribution in [3.05, 3.63) is 37.5 Å². The average Bonchev–Trinajstić information content (AvgIpc) is 3.16. The second-order valence-electron chi connectivity index (χ2n) is 9.22. The normalized spacial score (nSPS) is 15.9. The summed E-state index contributed by atoms with van der Waals surface area (Å²) < 4.78 is 6.59. The summed E-state index contributed by atoms with van der Waals surface area (Å²) in [4.78, 5) is 37.4. The van der Waals surface area contributed by atoms with Crippen LogP contribution in [0.3, 0.4) is 0 Å². The third kappa shape index (κ3) is 4.69. The molecule has 0 radical (unpaired) electrons. The minimum Gasteiger partial charge on any atom is -0.462 e. The molecule has 0 aliphatic heterocycles. The average molecular weight is 463 g/mol. The Morgan fingerprint density at radius 3 is 2.59 bits per heavy atom. The first-order valence-electron chi connectivity index (χ1n) is 10.7. The van der Waals surface area contributed by atoms with E-state index < -0.39 is 16.8 Å². The fourth-order valence-corrected chi connectivity index (χ4v) is 5.57. The highest BCUT2D eigenvalue weighted by molar-refractivity contribution is 7.17. The number of aromatic nitrogens is 2. The molecule has 3 rings (SSSR count). The van der Waals surface area contributed by atoms with E-state index in [1.807, 2.05) is 0 Å². The predicted molar refractivity (Wildman–Crippen MR) is 122 cm³/mol. The quantitative estimate of drug-likeness (QED) is 0.385. The minimum absolute atomic E-state index is 0.0928. The first-order valence-corrected chi connectivity index (χ1v) is 11.6. The zero-order valence-electron chi connectivity index (χ0n) is 19.4. The number of nitro groups is 1. The molecule has 9 nitrogen and oxygen atoms in total. The van der Waals surface area contributed by atoms with Gasteiger partial charge in [-0.25, -0.2) is 4.79 Å². The number of nitrogens with one attached hydrogen (secondary N) is 1. The lowest BCUT2D eigenvalue weighted by Gasteiger charge is -2.33. The summed E-state index contributed by atoms with van der Waals surface area (Å²) in [5.74, 6) is -0.347. The molecular formula is C22H30N4O5S. The van der Waals surface area contributed by atoms with Crippen LogP contribution >= 0.6 is 11.3 Å². The Bertz CT molecular complexity index is 1060. The molecule has 1 amide bonds. The standard InChI is InChI=1S/C22H30N4O5S/c1-7-31-21(28)18-15-9-8-14(22(4,5)6)10-16(15)32-20(18)23-17(27)11-25-13(3)19(26(29)30)12(2)24-25/h14H,7-11H2,1-6H3,(H,23,27). The van der Waals surface area contributed by atoms with E-state index in [1.165, 1.54) is 22.9 Å². The van der Waals surface area contributed by atoms with Crippen molar-refractivity contribution in [2.75, 3.05) is 11.9 Å². The second-order valence-corrected chi connectivity index (χ2v) is 10.3. The van der Waals surface area contributed by atoms with Crippen LogP contribution in [0.4, 0.5) is 10.7 Å². The van der Waals surface area contributed by atoms with Crippen molar-refractivity contribution in [3.63, 3.8) is 0 Å². The Hall–Kier alpha value is -2.75. The van der Waals surface area contributed by atoms with Gasteiger partial charge in [-0.15, -0.1) is 11.3 Å². The monoisotopic (exact) mass is 462 g/mol. The van der Waals surface area contributed by atoms with E-state index in [9.17, 15) is 19.7 Å². The number of ether oxygens (including phenoxy) is 1. The number of rotatable bonds is 6. The SMILES string of the molecule is CCOC(=O)c1c(NC(=O)Cn2nc(C)c([N+](=O)[O-])c2C)sc2c1CCC(C(C)(C)C)C2. The molecule has 1 N–H and O–H groups in total. The third-order valence-electron chi connectivity index (χ3n) is 6.04. The van der Waals surface area contributed by atoms with Crippen LogP contribution in [0.2, 0.25) is 0 Å². The number of hydrogen-bond acceptors (Lipinski definition) is 7. The molecule has 32 heavy (non-hydrogen) atoms. The van der Waals surface area contributed by atoms with E-state index in [4.69, 9.17) is 4.74 Å². The van der Waals surface area contributed by atoms with E-state index in [0.717, 1.165) is 29.7 Å². The van der Waals surface area contributed by atoms with Crippen molar-refractivity contribution in [1.82, 2.24) is 9.78 Å². The Morgan fingerprint density at radius 1 is 1.34 bits per heavy atom. The molecule has 0 saturated carbocycles. The van der Waals surface area contributed by atoms with E-state index >= 15 is 0 Å². The van der Waals surface area contributed by atoms with Gasteiger partial charge in [-0.1, -0.05) is 20.8 Å². The Morgan fingerprint density at radius 2 is 2.03 bits per heavy atom. The summed E-state index contributed by atoms with van der Waals surface area (Å²) in [7, 11) is 0. The van der Waals surface area contributed by atoms with Crippen LogP contribution in [0.5, 0.6) is 0 Å². The van der Waals surface area contributed by atoms with Crippen LogP contribution < -0.4 is 5.32 Å². The largest absolute Gasteiger partial charge is 0.462 e. The molecule has 1 aliphatic rings. The van der Waals surface area contributed by atoms with Crippen LogP contribution in [0.1, 0.15) is 66.3 Å². The number of fused-ring (bicyclic) bond motifs is 1. The Kier molecular flexibility index (Phi) is 6.73. The molecule has 1 aliphatic carbocycles. The van der Waals surface area contributed by atoms with Crippen LogP contribution in [0.15, 0.2) is 0 Å². The number of amides is 1. The van der Waals surface area contributed by atoms with Gasteiger partial charge in [0.25, 0.3) is 0 Å². The lowest BCUT2D eigenvalue weighted by molar-refractivity contribution is -0.386. The number of hydrogen-bond donors (Lipinski definition) is 1. The number of nitrogens with zero attached hydrogens (tertiary/aromatic N) is 3. The maximum Gasteiger partial charge on any atom is 0.341 e. The van der Waals surface area contributed by atoms with Crippen molar-refractivity contribution >= 4 is 33.9 Å². The molecule has 0 fully saturated rings. The van der Waals surface area contributed by atoms with Gasteiger partial charge in [0, 0.05) is 4.88 Å². The zero-order valence-corrected chi connectivity index (χ0v) is 20.2. The molecule has 2 aromatic heterocycles. The van der Waals surface area contributed by atoms with Crippen molar-refractivity contribution in [2.45, 2.75) is 67.3 Å². The van der Waals surface area contributed by atoms with Gasteiger partial charge in [0.1, 0.15) is 22.9 Å². The summed E-state index contributed by atoms with van der Waals surface area (Å²) in [6.45, 7) is 11.6. The number of anilines is 1. The summed E-state index contributed by atoms with van der Waals surface area (Å²) in [5, 5.41) is 18.7. The molecule has 0 bridgehead atoms. The highest BCUT2D eigenvalue weighted by Gasteiger charge is 2.34. The fraction of sp³-hybridized carbons (Fsp3) is 0.591. The number of carbonyl (C=O) groups excluding carboxylic acids is 2. The summed E-state index contributed by atoms with van der Waals surface area (Å²) in [6.07, 6.45) is 2.60. The molecule has 1 atom stereocenters. The van der Waals surface area contributed by atoms with Gasteiger partial charge in [-0.3, -0.25) is 19.6 Å². The number of esters is 1. The molecule has 1 unspecified atom stereocenters. The van der Waals surface area contributed by atoms with E-state index in [1.54, 1.807) is 13.8 Å². The van der Waals surface area contributed by atoms with Crippen molar-refractivity contribution in [3.8, 4) is 0 Å². The molecular weight excluding hydrogens is 432 g/mol. The van der Waals surface area contributed by atoms with Crippen LogP contribution in [0, 0.1) is 35.3 Å². The summed E-state index contributed by atoms with van der Waals surface area (Å²) in [5.41, 5.74) is 2.03. The highest BCUT2D eigenvalue weighted by atomic mass is 32.1. The van der Waals surface area contributed by atoms with Crippen LogP contribution in [-0.4, -0.2) is 33.2 Å². The highest BCUT2D eigenvalue weighted by Crippen LogP contribution is 2.44. The van der Waals surface area contributed by atoms with Gasteiger partial charge >= 0.3 is 11.7 Å². The molecule has 2 aromatic rings. The van der Waals surface area contributed by atoms with E-state index in [-0.39, 0.29) is 29.9 Å². The topological polar surface area (TPSA) is 116 Å². The van der Waals surface area contributed by atoms with Gasteiger partial charge < -0.3 is 10.1 Å². The summed E-state index contributed by atoms with van der Waals surface area (Å²) >= 11 is 1.42. The smallest absolute Gasteiger partial charge is 0.341 e. The number of thiophene rings is 1. The summed E-state index contributed by atoms with van der Waals surface area (Å²) in [6, 6.07) is 0. The van der Waals surface area contributed by atoms with Crippen molar-refractivity contribution in [1.29, 1.82) is 0 Å². The van der Waals surface area contributed by atoms with Crippen LogP contribution in [-0.2, 0) is 28.9 Å². The van der Waals surface area contributed by atoms with E-state index in [2.05, 4.69) is 31.2 Å². The first-order chi connectivity index (χ1) is 14.9. The molecule has 10 heteroatoms. The first kappa shape index (κ1) is 23.9. The van der Waals surface area contributed by atoms with Gasteiger partial charge in [0.15, 0.2) is 0 Å². The van der Waals surface area contributed by atoms with Crippen molar-refractivity contribution < 1.29 is 19.2 Å². The fourth-order valence-electron chi connectivity index (χ4n) is 4.24. The zero-order chi connectivity index (χ0) is 23.8. The molecule has 0 aromatic carbocycles. The number of carbonyl (C=O) groups is 2. The maximum atomic E-state index is 12.8. The van der Waals surface area contributed by atoms with Gasteiger partial charge in [0.2, 0.25) is 5.91 Å².